The molecule has 0 amide bonds. The van der Waals surface area contributed by atoms with Gasteiger partial charge in [-0.2, -0.15) is 0 Å². The number of rotatable bonds is 2. The number of carboxylic acids is 1. The smallest absolute Gasteiger partial charge is 0.303 e. The third kappa shape index (κ3) is 2.80. The second kappa shape index (κ2) is 3.42. The van der Waals surface area contributed by atoms with Crippen LogP contribution in [0, 0.1) is 5.92 Å². The van der Waals surface area contributed by atoms with E-state index in [4.69, 9.17) is 5.11 Å². The van der Waals surface area contributed by atoms with Crippen LogP contribution in [0.3, 0.4) is 0 Å². The van der Waals surface area contributed by atoms with Crippen molar-refractivity contribution < 1.29 is 14.3 Å². The van der Waals surface area contributed by atoms with Crippen molar-refractivity contribution in [2.75, 3.05) is 0 Å². The molecule has 0 heterocycles. The minimum absolute atomic E-state index is 0.200. The maximum absolute atomic E-state index is 13.2. The molecular formula is C9H15FO2. The van der Waals surface area contributed by atoms with Gasteiger partial charge in [0.25, 0.3) is 0 Å². The molecule has 0 radical (unpaired) electrons. The molecule has 1 aliphatic carbocycles. The van der Waals surface area contributed by atoms with Crippen molar-refractivity contribution in [3.63, 3.8) is 0 Å². The van der Waals surface area contributed by atoms with Crippen LogP contribution in [0.1, 0.15) is 39.0 Å². The van der Waals surface area contributed by atoms with Gasteiger partial charge >= 0.3 is 5.97 Å². The lowest BCUT2D eigenvalue weighted by Gasteiger charge is -2.30. The Kier molecular flexibility index (Phi) is 2.70. The van der Waals surface area contributed by atoms with E-state index in [9.17, 15) is 9.18 Å². The summed E-state index contributed by atoms with van der Waals surface area (Å²) in [5.74, 6) is -0.561. The topological polar surface area (TPSA) is 37.3 Å². The molecule has 1 fully saturated rings. The highest BCUT2D eigenvalue weighted by molar-refractivity contribution is 5.67. The van der Waals surface area contributed by atoms with Gasteiger partial charge < -0.3 is 5.11 Å². The van der Waals surface area contributed by atoms with Crippen molar-refractivity contribution in [1.82, 2.24) is 0 Å². The number of hydrogen-bond donors (Lipinski definition) is 1. The molecule has 0 aromatic heterocycles. The Balaban J connectivity index is 2.31. The highest BCUT2D eigenvalue weighted by Gasteiger charge is 2.31. The molecule has 3 heteroatoms. The second-order valence-corrected chi connectivity index (χ2v) is 3.95. The van der Waals surface area contributed by atoms with Gasteiger partial charge in [0.2, 0.25) is 0 Å². The number of alkyl halides is 1. The Hall–Kier alpha value is -0.600. The van der Waals surface area contributed by atoms with Crippen LogP contribution >= 0.6 is 0 Å². The van der Waals surface area contributed by atoms with E-state index in [0.29, 0.717) is 12.8 Å². The van der Waals surface area contributed by atoms with Gasteiger partial charge in [0.15, 0.2) is 0 Å². The summed E-state index contributed by atoms with van der Waals surface area (Å²) in [6, 6.07) is 0. The molecule has 0 aromatic rings. The highest BCUT2D eigenvalue weighted by Crippen LogP contribution is 2.35. The van der Waals surface area contributed by atoms with Gasteiger partial charge in [-0.1, -0.05) is 0 Å². The van der Waals surface area contributed by atoms with Gasteiger partial charge in [-0.05, 0) is 38.5 Å². The number of hydrogen-bond acceptors (Lipinski definition) is 1. The molecule has 1 saturated carbocycles. The first-order valence-electron chi connectivity index (χ1n) is 4.40. The minimum Gasteiger partial charge on any atom is -0.481 e. The molecule has 12 heavy (non-hydrogen) atoms. The quantitative estimate of drug-likeness (QED) is 0.697. The molecule has 0 atom stereocenters. The van der Waals surface area contributed by atoms with Crippen LogP contribution in [0.5, 0.6) is 0 Å². The lowest BCUT2D eigenvalue weighted by Crippen LogP contribution is -2.26. The third-order valence-corrected chi connectivity index (χ3v) is 2.61. The fraction of sp³-hybridized carbons (Fsp3) is 0.889. The first-order valence-corrected chi connectivity index (χ1v) is 4.40. The van der Waals surface area contributed by atoms with E-state index in [0.717, 1.165) is 12.8 Å². The molecule has 0 aromatic carbocycles. The lowest BCUT2D eigenvalue weighted by atomic mass is 9.80. The average Bonchev–Trinajstić information content (AvgIpc) is 1.93. The SMILES string of the molecule is CC1(F)CCC(CC(=O)O)CC1. The summed E-state index contributed by atoms with van der Waals surface area (Å²) < 4.78 is 13.2. The minimum atomic E-state index is -1.05. The average molecular weight is 174 g/mol. The van der Waals surface area contributed by atoms with Crippen molar-refractivity contribution >= 4 is 5.97 Å². The predicted molar refractivity (Wildman–Crippen MR) is 43.7 cm³/mol. The molecule has 70 valence electrons. The van der Waals surface area contributed by atoms with Gasteiger partial charge in [0.05, 0.1) is 0 Å². The van der Waals surface area contributed by atoms with E-state index >= 15 is 0 Å². The van der Waals surface area contributed by atoms with Gasteiger partial charge in [-0.3, -0.25) is 4.79 Å². The summed E-state index contributed by atoms with van der Waals surface area (Å²) in [6.07, 6.45) is 2.69. The zero-order valence-electron chi connectivity index (χ0n) is 7.35. The van der Waals surface area contributed by atoms with Gasteiger partial charge in [-0.15, -0.1) is 0 Å². The lowest BCUT2D eigenvalue weighted by molar-refractivity contribution is -0.138. The molecule has 1 rings (SSSR count). The molecule has 1 aliphatic rings. The number of halogens is 1. The van der Waals surface area contributed by atoms with E-state index in [1.54, 1.807) is 6.92 Å². The Morgan fingerprint density at radius 2 is 2.08 bits per heavy atom. The molecule has 0 aliphatic heterocycles. The van der Waals surface area contributed by atoms with Crippen molar-refractivity contribution in [3.8, 4) is 0 Å². The summed E-state index contributed by atoms with van der Waals surface area (Å²) in [4.78, 5) is 10.3. The summed E-state index contributed by atoms with van der Waals surface area (Å²) in [5.41, 5.74) is -1.05. The van der Waals surface area contributed by atoms with Crippen molar-refractivity contribution in [2.24, 2.45) is 5.92 Å². The predicted octanol–water partition coefficient (Wildman–Crippen LogP) is 2.38. The van der Waals surface area contributed by atoms with Crippen LogP contribution < -0.4 is 0 Å². The van der Waals surface area contributed by atoms with Gasteiger partial charge in [-0.25, -0.2) is 4.39 Å². The maximum atomic E-state index is 13.2. The van der Waals surface area contributed by atoms with Gasteiger partial charge in [0, 0.05) is 6.42 Å². The third-order valence-electron chi connectivity index (χ3n) is 2.61. The van der Waals surface area contributed by atoms with Crippen LogP contribution in [0.2, 0.25) is 0 Å². The van der Waals surface area contributed by atoms with Crippen LogP contribution in [-0.4, -0.2) is 16.7 Å². The van der Waals surface area contributed by atoms with E-state index in [-0.39, 0.29) is 12.3 Å². The molecule has 0 spiro atoms. The highest BCUT2D eigenvalue weighted by atomic mass is 19.1. The normalized spacial score (nSPS) is 36.3. The first-order chi connectivity index (χ1) is 5.49. The second-order valence-electron chi connectivity index (χ2n) is 3.95. The van der Waals surface area contributed by atoms with Crippen molar-refractivity contribution in [2.45, 2.75) is 44.7 Å². The zero-order valence-corrected chi connectivity index (χ0v) is 7.35. The Morgan fingerprint density at radius 3 is 2.50 bits per heavy atom. The zero-order chi connectivity index (χ0) is 9.19. The van der Waals surface area contributed by atoms with Crippen LogP contribution in [0.15, 0.2) is 0 Å². The Bertz CT molecular complexity index is 167. The number of aliphatic carboxylic acids is 1. The number of carbonyl (C=O) groups is 1. The standard InChI is InChI=1S/C9H15FO2/c1-9(10)4-2-7(3-5-9)6-8(11)12/h7H,2-6H2,1H3,(H,11,12). The van der Waals surface area contributed by atoms with E-state index in [2.05, 4.69) is 0 Å². The molecule has 0 saturated heterocycles. The summed E-state index contributed by atoms with van der Waals surface area (Å²) in [5, 5.41) is 8.50. The molecule has 0 unspecified atom stereocenters. The fourth-order valence-corrected chi connectivity index (χ4v) is 1.73. The molecule has 2 nitrogen and oxygen atoms in total. The van der Waals surface area contributed by atoms with E-state index in [1.165, 1.54) is 0 Å². The monoisotopic (exact) mass is 174 g/mol. The summed E-state index contributed by atoms with van der Waals surface area (Å²) >= 11 is 0. The summed E-state index contributed by atoms with van der Waals surface area (Å²) in [7, 11) is 0. The van der Waals surface area contributed by atoms with Crippen LogP contribution in [0.25, 0.3) is 0 Å². The largest absolute Gasteiger partial charge is 0.481 e. The number of carboxylic acid groups (broad SMARTS) is 1. The Labute approximate surface area is 71.8 Å². The molecule has 0 bridgehead atoms. The van der Waals surface area contributed by atoms with Crippen LogP contribution in [-0.2, 0) is 4.79 Å². The van der Waals surface area contributed by atoms with Gasteiger partial charge in [0.1, 0.15) is 5.67 Å². The first kappa shape index (κ1) is 9.49. The summed E-state index contributed by atoms with van der Waals surface area (Å²) in [6.45, 7) is 1.60. The van der Waals surface area contributed by atoms with E-state index < -0.39 is 11.6 Å². The van der Waals surface area contributed by atoms with E-state index in [1.807, 2.05) is 0 Å². The molecule has 1 N–H and O–H groups in total. The van der Waals surface area contributed by atoms with Crippen molar-refractivity contribution in [1.29, 1.82) is 0 Å². The fourth-order valence-electron chi connectivity index (χ4n) is 1.73. The van der Waals surface area contributed by atoms with Crippen LogP contribution in [0.4, 0.5) is 4.39 Å². The van der Waals surface area contributed by atoms with Crippen molar-refractivity contribution in [3.05, 3.63) is 0 Å². The molecular weight excluding hydrogens is 159 g/mol. The maximum Gasteiger partial charge on any atom is 0.303 e. The Morgan fingerprint density at radius 1 is 1.58 bits per heavy atom.